The first-order valence-electron chi connectivity index (χ1n) is 9.90. The summed E-state index contributed by atoms with van der Waals surface area (Å²) in [5.74, 6) is -1.61. The monoisotopic (exact) mass is 494 g/mol. The lowest BCUT2D eigenvalue weighted by atomic mass is 10.1. The van der Waals surface area contributed by atoms with E-state index in [2.05, 4.69) is 10.6 Å². The van der Waals surface area contributed by atoms with Crippen LogP contribution in [0.15, 0.2) is 72.3 Å². The van der Waals surface area contributed by atoms with Crippen molar-refractivity contribution in [1.82, 2.24) is 0 Å². The Labute approximate surface area is 203 Å². The largest absolute Gasteiger partial charge is 0.483 e. The lowest BCUT2D eigenvalue weighted by Gasteiger charge is -2.11. The first-order valence-corrected chi connectivity index (χ1v) is 10.3. The number of hydrogen-bond donors (Lipinski definition) is 2. The van der Waals surface area contributed by atoms with Gasteiger partial charge in [0.25, 0.3) is 17.5 Å². The molecule has 9 nitrogen and oxygen atoms in total. The zero-order chi connectivity index (χ0) is 25.4. The zero-order valence-corrected chi connectivity index (χ0v) is 18.6. The number of anilines is 2. The highest BCUT2D eigenvalue weighted by Gasteiger charge is 2.14. The first kappa shape index (κ1) is 24.9. The SMILES string of the molecule is N#C/C(=C/c1cc(Cl)ccc1OCC(=O)Nc1ccc(F)cc1)C(=O)Nc1cccc([N+](=O)[O-])c1. The van der Waals surface area contributed by atoms with Crippen LogP contribution < -0.4 is 15.4 Å². The molecule has 0 aliphatic carbocycles. The van der Waals surface area contributed by atoms with E-state index in [0.717, 1.165) is 6.07 Å². The molecule has 0 fully saturated rings. The first-order chi connectivity index (χ1) is 16.7. The van der Waals surface area contributed by atoms with Crippen molar-refractivity contribution in [3.05, 3.63) is 98.8 Å². The molecule has 0 saturated heterocycles. The van der Waals surface area contributed by atoms with Crippen molar-refractivity contribution in [2.75, 3.05) is 17.2 Å². The van der Waals surface area contributed by atoms with Crippen molar-refractivity contribution in [3.63, 3.8) is 0 Å². The Kier molecular flexibility index (Phi) is 8.11. The van der Waals surface area contributed by atoms with Gasteiger partial charge in [-0.15, -0.1) is 0 Å². The van der Waals surface area contributed by atoms with Crippen LogP contribution in [0.5, 0.6) is 5.75 Å². The summed E-state index contributed by atoms with van der Waals surface area (Å²) >= 11 is 6.04. The molecule has 0 radical (unpaired) electrons. The molecule has 11 heteroatoms. The topological polar surface area (TPSA) is 134 Å². The molecule has 0 aliphatic heterocycles. The molecule has 0 saturated carbocycles. The third-order valence-corrected chi connectivity index (χ3v) is 4.67. The van der Waals surface area contributed by atoms with E-state index < -0.39 is 29.2 Å². The van der Waals surface area contributed by atoms with Crippen molar-refractivity contribution >= 4 is 46.6 Å². The van der Waals surface area contributed by atoms with Crippen LogP contribution in [0.4, 0.5) is 21.5 Å². The molecule has 3 aromatic rings. The standard InChI is InChI=1S/C24H16ClFN4O5/c25-17-4-9-22(35-14-23(31)28-19-7-5-18(26)6-8-19)15(11-17)10-16(13-27)24(32)29-20-2-1-3-21(12-20)30(33)34/h1-12H,14H2,(H,28,31)(H,29,32)/b16-10-. The van der Waals surface area contributed by atoms with E-state index in [1.807, 2.05) is 0 Å². The van der Waals surface area contributed by atoms with Crippen molar-refractivity contribution in [2.24, 2.45) is 0 Å². The number of carbonyl (C=O) groups is 2. The van der Waals surface area contributed by atoms with Gasteiger partial charge in [0.1, 0.15) is 23.2 Å². The molecular formula is C24H16ClFN4O5. The molecule has 0 bridgehead atoms. The summed E-state index contributed by atoms with van der Waals surface area (Å²) in [7, 11) is 0. The minimum atomic E-state index is -0.812. The molecule has 3 aromatic carbocycles. The van der Waals surface area contributed by atoms with Gasteiger partial charge in [-0.05, 0) is 54.6 Å². The van der Waals surface area contributed by atoms with Gasteiger partial charge >= 0.3 is 0 Å². The Morgan fingerprint density at radius 1 is 1.09 bits per heavy atom. The Bertz CT molecular complexity index is 1350. The maximum absolute atomic E-state index is 13.0. The fraction of sp³-hybridized carbons (Fsp3) is 0.0417. The summed E-state index contributed by atoms with van der Waals surface area (Å²) in [6.45, 7) is -0.415. The summed E-state index contributed by atoms with van der Waals surface area (Å²) in [5, 5.41) is 25.7. The third kappa shape index (κ3) is 7.12. The highest BCUT2D eigenvalue weighted by Crippen LogP contribution is 2.26. The lowest BCUT2D eigenvalue weighted by molar-refractivity contribution is -0.384. The highest BCUT2D eigenvalue weighted by molar-refractivity contribution is 6.30. The number of halogens is 2. The maximum Gasteiger partial charge on any atom is 0.271 e. The predicted octanol–water partition coefficient (Wildman–Crippen LogP) is 4.95. The van der Waals surface area contributed by atoms with Crippen LogP contribution in [0.2, 0.25) is 5.02 Å². The summed E-state index contributed by atoms with van der Waals surface area (Å²) < 4.78 is 18.5. The molecule has 0 atom stereocenters. The minimum absolute atomic E-state index is 0.130. The molecule has 0 unspecified atom stereocenters. The van der Waals surface area contributed by atoms with Gasteiger partial charge in [0, 0.05) is 34.1 Å². The fourth-order valence-electron chi connectivity index (χ4n) is 2.84. The molecule has 2 N–H and O–H groups in total. The van der Waals surface area contributed by atoms with Gasteiger partial charge in [0.2, 0.25) is 0 Å². The molecule has 176 valence electrons. The highest BCUT2D eigenvalue weighted by atomic mass is 35.5. The van der Waals surface area contributed by atoms with Crippen molar-refractivity contribution in [2.45, 2.75) is 0 Å². The number of nitrogens with one attached hydrogen (secondary N) is 2. The fourth-order valence-corrected chi connectivity index (χ4v) is 3.02. The number of hydrogen-bond acceptors (Lipinski definition) is 6. The van der Waals surface area contributed by atoms with Gasteiger partial charge in [-0.1, -0.05) is 17.7 Å². The van der Waals surface area contributed by atoms with Crippen molar-refractivity contribution in [1.29, 1.82) is 5.26 Å². The average molecular weight is 495 g/mol. The number of nitriles is 1. The van der Waals surface area contributed by atoms with E-state index in [0.29, 0.717) is 5.69 Å². The molecule has 0 spiro atoms. The number of amides is 2. The minimum Gasteiger partial charge on any atom is -0.483 e. The number of nitrogens with zero attached hydrogens (tertiary/aromatic N) is 2. The molecule has 0 heterocycles. The maximum atomic E-state index is 13.0. The Balaban J connectivity index is 1.75. The molecule has 0 aromatic heterocycles. The summed E-state index contributed by atoms with van der Waals surface area (Å²) in [4.78, 5) is 35.1. The average Bonchev–Trinajstić information content (AvgIpc) is 2.83. The number of rotatable bonds is 8. The van der Waals surface area contributed by atoms with E-state index in [9.17, 15) is 29.4 Å². The van der Waals surface area contributed by atoms with Crippen LogP contribution in [-0.4, -0.2) is 23.3 Å². The number of carbonyl (C=O) groups excluding carboxylic acids is 2. The van der Waals surface area contributed by atoms with E-state index in [1.165, 1.54) is 66.7 Å². The second kappa shape index (κ2) is 11.4. The third-order valence-electron chi connectivity index (χ3n) is 4.44. The van der Waals surface area contributed by atoms with Crippen molar-refractivity contribution < 1.29 is 23.6 Å². The van der Waals surface area contributed by atoms with Crippen LogP contribution in [0.3, 0.4) is 0 Å². The molecule has 3 rings (SSSR count). The van der Waals surface area contributed by atoms with Crippen LogP contribution in [-0.2, 0) is 9.59 Å². The van der Waals surface area contributed by atoms with Gasteiger partial charge < -0.3 is 15.4 Å². The van der Waals surface area contributed by atoms with Gasteiger partial charge in [-0.2, -0.15) is 5.26 Å². The number of nitro groups is 1. The molecule has 0 aliphatic rings. The van der Waals surface area contributed by atoms with Crippen LogP contribution in [0.1, 0.15) is 5.56 Å². The normalized spacial score (nSPS) is 10.7. The zero-order valence-electron chi connectivity index (χ0n) is 17.8. The number of non-ortho nitro benzene ring substituents is 1. The lowest BCUT2D eigenvalue weighted by Crippen LogP contribution is -2.20. The van der Waals surface area contributed by atoms with Crippen LogP contribution in [0.25, 0.3) is 6.08 Å². The Morgan fingerprint density at radius 3 is 2.51 bits per heavy atom. The van der Waals surface area contributed by atoms with Gasteiger partial charge in [-0.3, -0.25) is 19.7 Å². The van der Waals surface area contributed by atoms with Crippen molar-refractivity contribution in [3.8, 4) is 11.8 Å². The van der Waals surface area contributed by atoms with Crippen LogP contribution >= 0.6 is 11.6 Å². The van der Waals surface area contributed by atoms with E-state index in [1.54, 1.807) is 6.07 Å². The Hall–Kier alpha value is -4.75. The second-order valence-electron chi connectivity index (χ2n) is 6.96. The second-order valence-corrected chi connectivity index (χ2v) is 7.39. The van der Waals surface area contributed by atoms with Gasteiger partial charge in [0.15, 0.2) is 6.61 Å². The smallest absolute Gasteiger partial charge is 0.271 e. The summed E-state index contributed by atoms with van der Waals surface area (Å²) in [6.07, 6.45) is 1.21. The predicted molar refractivity (Wildman–Crippen MR) is 127 cm³/mol. The number of nitro benzene ring substituents is 1. The van der Waals surface area contributed by atoms with E-state index in [-0.39, 0.29) is 33.3 Å². The summed E-state index contributed by atoms with van der Waals surface area (Å²) in [5.41, 5.74) is 0.193. The quantitative estimate of drug-likeness (QED) is 0.197. The van der Waals surface area contributed by atoms with Gasteiger partial charge in [0.05, 0.1) is 4.92 Å². The molecule has 2 amide bonds. The molecule has 35 heavy (non-hydrogen) atoms. The number of ether oxygens (including phenoxy) is 1. The van der Waals surface area contributed by atoms with Gasteiger partial charge in [-0.25, -0.2) is 4.39 Å². The Morgan fingerprint density at radius 2 is 1.83 bits per heavy atom. The van der Waals surface area contributed by atoms with E-state index in [4.69, 9.17) is 16.3 Å². The molecular weight excluding hydrogens is 479 g/mol. The van der Waals surface area contributed by atoms with Crippen LogP contribution in [0, 0.1) is 27.3 Å². The number of benzene rings is 3. The summed E-state index contributed by atoms with van der Waals surface area (Å²) in [6, 6.07) is 16.6. The van der Waals surface area contributed by atoms with E-state index >= 15 is 0 Å².